The van der Waals surface area contributed by atoms with E-state index in [0.717, 1.165) is 0 Å². The van der Waals surface area contributed by atoms with Crippen LogP contribution in [0, 0.1) is 0 Å². The maximum Gasteiger partial charge on any atom is 0.200 e. The second kappa shape index (κ2) is 3.37. The van der Waals surface area contributed by atoms with Crippen LogP contribution in [0.2, 0.25) is 0 Å². The quantitative estimate of drug-likeness (QED) is 0.746. The molecule has 1 rings (SSSR count). The van der Waals surface area contributed by atoms with Crippen molar-refractivity contribution >= 4 is 15.8 Å². The third-order valence-corrected chi connectivity index (χ3v) is 3.54. The van der Waals surface area contributed by atoms with E-state index in [4.69, 9.17) is 5.73 Å². The van der Waals surface area contributed by atoms with E-state index in [1.807, 2.05) is 0 Å². The molecule has 1 heterocycles. The van der Waals surface area contributed by atoms with Gasteiger partial charge in [-0.05, 0) is 0 Å². The highest BCUT2D eigenvalue weighted by atomic mass is 32.2. The SMILES string of the molecule is CCS(=O)(=O)Cc1cnc(N)n1C. The van der Waals surface area contributed by atoms with Crippen LogP contribution in [0.15, 0.2) is 6.20 Å². The van der Waals surface area contributed by atoms with Gasteiger partial charge in [-0.25, -0.2) is 13.4 Å². The summed E-state index contributed by atoms with van der Waals surface area (Å²) < 4.78 is 24.1. The van der Waals surface area contributed by atoms with Crippen molar-refractivity contribution in [3.63, 3.8) is 0 Å². The molecule has 0 aliphatic rings. The minimum atomic E-state index is -3.00. The molecule has 1 aromatic heterocycles. The molecule has 0 amide bonds. The third-order valence-electron chi connectivity index (χ3n) is 1.93. The van der Waals surface area contributed by atoms with Crippen molar-refractivity contribution in [1.29, 1.82) is 0 Å². The highest BCUT2D eigenvalue weighted by Gasteiger charge is 2.12. The van der Waals surface area contributed by atoms with Crippen LogP contribution < -0.4 is 5.73 Å². The van der Waals surface area contributed by atoms with Crippen LogP contribution in [-0.2, 0) is 22.6 Å². The molecule has 0 unspecified atom stereocenters. The van der Waals surface area contributed by atoms with Gasteiger partial charge < -0.3 is 10.3 Å². The first kappa shape index (κ1) is 10.0. The normalized spacial score (nSPS) is 11.8. The van der Waals surface area contributed by atoms with Crippen molar-refractivity contribution in [3.8, 4) is 0 Å². The number of hydrogen-bond acceptors (Lipinski definition) is 4. The standard InChI is InChI=1S/C7H13N3O2S/c1-3-13(11,12)5-6-4-9-7(8)10(6)2/h4H,3,5H2,1-2H3,(H2,8,9). The summed E-state index contributed by atoms with van der Waals surface area (Å²) in [5, 5.41) is 0. The number of anilines is 1. The highest BCUT2D eigenvalue weighted by molar-refractivity contribution is 7.90. The largest absolute Gasteiger partial charge is 0.369 e. The third kappa shape index (κ3) is 2.21. The Labute approximate surface area is 77.5 Å². The van der Waals surface area contributed by atoms with E-state index in [1.54, 1.807) is 18.5 Å². The lowest BCUT2D eigenvalue weighted by Gasteiger charge is -2.02. The molecule has 0 aliphatic heterocycles. The molecule has 0 saturated carbocycles. The Hall–Kier alpha value is -1.04. The van der Waals surface area contributed by atoms with Gasteiger partial charge in [0, 0.05) is 12.8 Å². The molecular formula is C7H13N3O2S. The molecule has 0 saturated heterocycles. The van der Waals surface area contributed by atoms with E-state index in [-0.39, 0.29) is 11.5 Å². The Morgan fingerprint density at radius 2 is 2.23 bits per heavy atom. The first-order valence-electron chi connectivity index (χ1n) is 3.92. The molecule has 2 N–H and O–H groups in total. The predicted octanol–water partition coefficient (Wildman–Crippen LogP) is -0.0630. The van der Waals surface area contributed by atoms with Crippen molar-refractivity contribution in [1.82, 2.24) is 9.55 Å². The first-order chi connectivity index (χ1) is 5.96. The monoisotopic (exact) mass is 203 g/mol. The molecular weight excluding hydrogens is 190 g/mol. The van der Waals surface area contributed by atoms with Crippen molar-refractivity contribution in [2.45, 2.75) is 12.7 Å². The van der Waals surface area contributed by atoms with Gasteiger partial charge in [0.05, 0.1) is 17.6 Å². The molecule has 0 spiro atoms. The van der Waals surface area contributed by atoms with Crippen LogP contribution in [0.1, 0.15) is 12.6 Å². The number of nitrogen functional groups attached to an aromatic ring is 1. The number of nitrogens with two attached hydrogens (primary N) is 1. The summed E-state index contributed by atoms with van der Waals surface area (Å²) in [7, 11) is -1.30. The summed E-state index contributed by atoms with van der Waals surface area (Å²) in [5.41, 5.74) is 6.08. The van der Waals surface area contributed by atoms with E-state index in [9.17, 15) is 8.42 Å². The second-order valence-corrected chi connectivity index (χ2v) is 5.20. The smallest absolute Gasteiger partial charge is 0.200 e. The molecule has 0 bridgehead atoms. The summed E-state index contributed by atoms with van der Waals surface area (Å²) in [5.74, 6) is 0.476. The average Bonchev–Trinajstić information content (AvgIpc) is 2.36. The van der Waals surface area contributed by atoms with Crippen LogP contribution in [0.25, 0.3) is 0 Å². The van der Waals surface area contributed by atoms with Gasteiger partial charge in [0.1, 0.15) is 0 Å². The summed E-state index contributed by atoms with van der Waals surface area (Å²) >= 11 is 0. The van der Waals surface area contributed by atoms with Gasteiger partial charge in [-0.1, -0.05) is 6.92 Å². The molecule has 13 heavy (non-hydrogen) atoms. The molecule has 0 atom stereocenters. The average molecular weight is 203 g/mol. The van der Waals surface area contributed by atoms with Crippen molar-refractivity contribution in [2.75, 3.05) is 11.5 Å². The maximum absolute atomic E-state index is 11.2. The maximum atomic E-state index is 11.2. The van der Waals surface area contributed by atoms with Gasteiger partial charge in [-0.2, -0.15) is 0 Å². The predicted molar refractivity (Wildman–Crippen MR) is 50.8 cm³/mol. The van der Waals surface area contributed by atoms with Crippen molar-refractivity contribution in [3.05, 3.63) is 11.9 Å². The number of nitrogens with zero attached hydrogens (tertiary/aromatic N) is 2. The van der Waals surface area contributed by atoms with Gasteiger partial charge >= 0.3 is 0 Å². The fraction of sp³-hybridized carbons (Fsp3) is 0.571. The van der Waals surface area contributed by atoms with E-state index < -0.39 is 9.84 Å². The Kier molecular flexibility index (Phi) is 2.60. The van der Waals surface area contributed by atoms with Crippen molar-refractivity contribution in [2.24, 2.45) is 7.05 Å². The molecule has 1 aromatic rings. The fourth-order valence-electron chi connectivity index (χ4n) is 0.922. The van der Waals surface area contributed by atoms with Gasteiger partial charge in [-0.3, -0.25) is 0 Å². The summed E-state index contributed by atoms with van der Waals surface area (Å²) in [6, 6.07) is 0. The summed E-state index contributed by atoms with van der Waals surface area (Å²) in [4.78, 5) is 3.81. The fourth-order valence-corrected chi connectivity index (χ4v) is 1.85. The Morgan fingerprint density at radius 1 is 1.62 bits per heavy atom. The number of imidazole rings is 1. The van der Waals surface area contributed by atoms with E-state index >= 15 is 0 Å². The van der Waals surface area contributed by atoms with Crippen LogP contribution >= 0.6 is 0 Å². The summed E-state index contributed by atoms with van der Waals surface area (Å²) in [6.45, 7) is 1.62. The molecule has 0 fully saturated rings. The zero-order valence-electron chi connectivity index (χ0n) is 7.69. The first-order valence-corrected chi connectivity index (χ1v) is 5.75. The molecule has 0 radical (unpaired) electrons. The van der Waals surface area contributed by atoms with Gasteiger partial charge in [0.25, 0.3) is 0 Å². The minimum Gasteiger partial charge on any atom is -0.369 e. The lowest BCUT2D eigenvalue weighted by Crippen LogP contribution is -2.10. The zero-order chi connectivity index (χ0) is 10.1. The number of hydrogen-bond donors (Lipinski definition) is 1. The van der Waals surface area contributed by atoms with Gasteiger partial charge in [-0.15, -0.1) is 0 Å². The zero-order valence-corrected chi connectivity index (χ0v) is 8.50. The lowest BCUT2D eigenvalue weighted by molar-refractivity contribution is 0.595. The molecule has 6 heteroatoms. The number of aromatic nitrogens is 2. The van der Waals surface area contributed by atoms with Gasteiger partial charge in [0.15, 0.2) is 15.8 Å². The van der Waals surface area contributed by atoms with E-state index in [0.29, 0.717) is 11.6 Å². The van der Waals surface area contributed by atoms with Crippen molar-refractivity contribution < 1.29 is 8.42 Å². The molecule has 0 aromatic carbocycles. The van der Waals surface area contributed by atoms with Crippen LogP contribution in [-0.4, -0.2) is 23.7 Å². The van der Waals surface area contributed by atoms with Crippen LogP contribution in [0.4, 0.5) is 5.95 Å². The van der Waals surface area contributed by atoms with E-state index in [1.165, 1.54) is 6.20 Å². The Morgan fingerprint density at radius 3 is 2.62 bits per heavy atom. The lowest BCUT2D eigenvalue weighted by atomic mass is 10.5. The van der Waals surface area contributed by atoms with Crippen LogP contribution in [0.3, 0.4) is 0 Å². The molecule has 74 valence electrons. The molecule has 0 aliphatic carbocycles. The number of sulfone groups is 1. The molecule has 5 nitrogen and oxygen atoms in total. The highest BCUT2D eigenvalue weighted by Crippen LogP contribution is 2.08. The second-order valence-electron chi connectivity index (χ2n) is 2.84. The minimum absolute atomic E-state index is 0.00417. The van der Waals surface area contributed by atoms with Gasteiger partial charge in [0.2, 0.25) is 0 Å². The Balaban J connectivity index is 2.93. The number of rotatable bonds is 3. The van der Waals surface area contributed by atoms with E-state index in [2.05, 4.69) is 4.98 Å². The summed E-state index contributed by atoms with van der Waals surface area (Å²) in [6.07, 6.45) is 1.49. The van der Waals surface area contributed by atoms with Crippen LogP contribution in [0.5, 0.6) is 0 Å². The topological polar surface area (TPSA) is 78.0 Å². The Bertz CT molecular complexity index is 394.